The Bertz CT molecular complexity index is 491. The maximum atomic E-state index is 12.2. The first-order valence-electron chi connectivity index (χ1n) is 5.93. The van der Waals surface area contributed by atoms with Gasteiger partial charge in [0.25, 0.3) is 0 Å². The van der Waals surface area contributed by atoms with E-state index in [0.717, 1.165) is 0 Å². The molecule has 1 saturated heterocycles. The molecule has 1 aliphatic rings. The van der Waals surface area contributed by atoms with Gasteiger partial charge in [-0.25, -0.2) is 4.79 Å². The second-order valence-electron chi connectivity index (χ2n) is 4.28. The van der Waals surface area contributed by atoms with Crippen molar-refractivity contribution in [3.63, 3.8) is 0 Å². The highest BCUT2D eigenvalue weighted by Gasteiger charge is 2.32. The first-order chi connectivity index (χ1) is 9.09. The van der Waals surface area contributed by atoms with Crippen LogP contribution in [0.3, 0.4) is 0 Å². The molecule has 1 amide bonds. The van der Waals surface area contributed by atoms with Crippen molar-refractivity contribution in [2.45, 2.75) is 12.5 Å². The van der Waals surface area contributed by atoms with Gasteiger partial charge < -0.3 is 14.7 Å². The van der Waals surface area contributed by atoms with Crippen LogP contribution in [0.15, 0.2) is 24.3 Å². The van der Waals surface area contributed by atoms with Crippen molar-refractivity contribution in [2.75, 3.05) is 19.8 Å². The Morgan fingerprint density at radius 1 is 1.42 bits per heavy atom. The standard InChI is InChI=1S/C13H14ClNO4/c14-10-4-2-1-3-9(10)7-12(16)15-5-6-19-8-11(15)13(17)18/h1-4,11H,5-8H2,(H,17,18). The number of hydrogen-bond donors (Lipinski definition) is 1. The van der Waals surface area contributed by atoms with Crippen LogP contribution in [0.4, 0.5) is 0 Å². The number of nitrogens with zero attached hydrogens (tertiary/aromatic N) is 1. The monoisotopic (exact) mass is 283 g/mol. The van der Waals surface area contributed by atoms with Crippen LogP contribution in [0.1, 0.15) is 5.56 Å². The summed E-state index contributed by atoms with van der Waals surface area (Å²) in [6.45, 7) is 0.682. The summed E-state index contributed by atoms with van der Waals surface area (Å²) in [5.74, 6) is -1.30. The molecule has 2 rings (SSSR count). The van der Waals surface area contributed by atoms with Gasteiger partial charge in [0, 0.05) is 11.6 Å². The minimum atomic E-state index is -1.05. The molecule has 19 heavy (non-hydrogen) atoms. The fraction of sp³-hybridized carbons (Fsp3) is 0.385. The van der Waals surface area contributed by atoms with E-state index in [1.165, 1.54) is 4.90 Å². The predicted molar refractivity (Wildman–Crippen MR) is 69.1 cm³/mol. The first-order valence-corrected chi connectivity index (χ1v) is 6.31. The van der Waals surface area contributed by atoms with Crippen LogP contribution in [0, 0.1) is 0 Å². The highest BCUT2D eigenvalue weighted by atomic mass is 35.5. The second kappa shape index (κ2) is 6.04. The van der Waals surface area contributed by atoms with Crippen molar-refractivity contribution in [1.29, 1.82) is 0 Å². The lowest BCUT2D eigenvalue weighted by molar-refractivity contribution is -0.158. The molecule has 0 aromatic heterocycles. The molecule has 1 atom stereocenters. The lowest BCUT2D eigenvalue weighted by atomic mass is 10.1. The fourth-order valence-corrected chi connectivity index (χ4v) is 2.22. The summed E-state index contributed by atoms with van der Waals surface area (Å²) in [6, 6.07) is 6.13. The third-order valence-electron chi connectivity index (χ3n) is 3.03. The van der Waals surface area contributed by atoms with E-state index in [-0.39, 0.29) is 18.9 Å². The molecule has 1 heterocycles. The van der Waals surface area contributed by atoms with Crippen LogP contribution in [0.2, 0.25) is 5.02 Å². The molecule has 5 nitrogen and oxygen atoms in total. The molecule has 6 heteroatoms. The number of benzene rings is 1. The number of rotatable bonds is 3. The number of morpholine rings is 1. The molecule has 0 saturated carbocycles. The molecule has 1 N–H and O–H groups in total. The second-order valence-corrected chi connectivity index (χ2v) is 4.69. The third-order valence-corrected chi connectivity index (χ3v) is 3.40. The molecular formula is C13H14ClNO4. The highest BCUT2D eigenvalue weighted by molar-refractivity contribution is 6.31. The van der Waals surface area contributed by atoms with Crippen molar-refractivity contribution in [2.24, 2.45) is 0 Å². The molecule has 0 aliphatic carbocycles. The number of carboxylic acids is 1. The summed E-state index contributed by atoms with van der Waals surface area (Å²) in [4.78, 5) is 24.6. The van der Waals surface area contributed by atoms with Gasteiger partial charge >= 0.3 is 5.97 Å². The topological polar surface area (TPSA) is 66.8 Å². The molecule has 1 aliphatic heterocycles. The minimum Gasteiger partial charge on any atom is -0.480 e. The van der Waals surface area contributed by atoms with Crippen LogP contribution in [-0.2, 0) is 20.7 Å². The maximum absolute atomic E-state index is 12.2. The van der Waals surface area contributed by atoms with E-state index in [9.17, 15) is 9.59 Å². The van der Waals surface area contributed by atoms with Crippen molar-refractivity contribution < 1.29 is 19.4 Å². The number of amides is 1. The summed E-state index contributed by atoms with van der Waals surface area (Å²) >= 11 is 5.99. The van der Waals surface area contributed by atoms with Gasteiger partial charge in [-0.05, 0) is 11.6 Å². The summed E-state index contributed by atoms with van der Waals surface area (Å²) in [7, 11) is 0. The lowest BCUT2D eigenvalue weighted by Gasteiger charge is -2.33. The van der Waals surface area contributed by atoms with Crippen LogP contribution in [0.5, 0.6) is 0 Å². The largest absolute Gasteiger partial charge is 0.480 e. The average Bonchev–Trinajstić information content (AvgIpc) is 2.41. The van der Waals surface area contributed by atoms with E-state index in [1.54, 1.807) is 24.3 Å². The number of aliphatic carboxylic acids is 1. The molecule has 0 radical (unpaired) electrons. The molecule has 0 bridgehead atoms. The van der Waals surface area contributed by atoms with E-state index in [4.69, 9.17) is 21.4 Å². The van der Waals surface area contributed by atoms with Gasteiger partial charge in [-0.3, -0.25) is 4.79 Å². The summed E-state index contributed by atoms with van der Waals surface area (Å²) in [6.07, 6.45) is 0.101. The van der Waals surface area contributed by atoms with E-state index < -0.39 is 12.0 Å². The van der Waals surface area contributed by atoms with Gasteiger partial charge in [0.05, 0.1) is 19.6 Å². The molecule has 1 aromatic carbocycles. The zero-order valence-corrected chi connectivity index (χ0v) is 11.0. The van der Waals surface area contributed by atoms with Crippen molar-refractivity contribution in [3.05, 3.63) is 34.9 Å². The summed E-state index contributed by atoms with van der Waals surface area (Å²) in [5.41, 5.74) is 0.699. The molecule has 102 valence electrons. The normalized spacial score (nSPS) is 19.2. The fourth-order valence-electron chi connectivity index (χ4n) is 2.01. The number of hydrogen-bond acceptors (Lipinski definition) is 3. The Kier molecular flexibility index (Phi) is 4.39. The van der Waals surface area contributed by atoms with Crippen LogP contribution in [0.25, 0.3) is 0 Å². The van der Waals surface area contributed by atoms with Crippen LogP contribution in [-0.4, -0.2) is 47.7 Å². The van der Waals surface area contributed by atoms with Crippen molar-refractivity contribution in [1.82, 2.24) is 4.90 Å². The number of halogens is 1. The quantitative estimate of drug-likeness (QED) is 0.905. The Morgan fingerprint density at radius 3 is 2.84 bits per heavy atom. The number of carbonyl (C=O) groups excluding carboxylic acids is 1. The van der Waals surface area contributed by atoms with Crippen molar-refractivity contribution in [3.8, 4) is 0 Å². The van der Waals surface area contributed by atoms with Gasteiger partial charge in [-0.2, -0.15) is 0 Å². The maximum Gasteiger partial charge on any atom is 0.328 e. The number of carboxylic acid groups (broad SMARTS) is 1. The summed E-state index contributed by atoms with van der Waals surface area (Å²) in [5, 5.41) is 9.59. The Morgan fingerprint density at radius 2 is 2.16 bits per heavy atom. The van der Waals surface area contributed by atoms with E-state index >= 15 is 0 Å². The molecule has 1 unspecified atom stereocenters. The van der Waals surface area contributed by atoms with Gasteiger partial charge in [-0.15, -0.1) is 0 Å². The zero-order chi connectivity index (χ0) is 13.8. The highest BCUT2D eigenvalue weighted by Crippen LogP contribution is 2.17. The molecule has 0 spiro atoms. The van der Waals surface area contributed by atoms with Crippen LogP contribution >= 0.6 is 11.6 Å². The van der Waals surface area contributed by atoms with Crippen LogP contribution < -0.4 is 0 Å². The Labute approximate surface area is 115 Å². The third kappa shape index (κ3) is 3.24. The SMILES string of the molecule is O=C(O)C1COCCN1C(=O)Cc1ccccc1Cl. The predicted octanol–water partition coefficient (Wildman–Crippen LogP) is 1.19. The van der Waals surface area contributed by atoms with E-state index in [2.05, 4.69) is 0 Å². The van der Waals surface area contributed by atoms with E-state index in [0.29, 0.717) is 23.7 Å². The van der Waals surface area contributed by atoms with Gasteiger partial charge in [0.2, 0.25) is 5.91 Å². The Balaban J connectivity index is 2.10. The summed E-state index contributed by atoms with van der Waals surface area (Å²) < 4.78 is 5.10. The van der Waals surface area contributed by atoms with E-state index in [1.807, 2.05) is 0 Å². The molecule has 1 fully saturated rings. The minimum absolute atomic E-state index is 0.0313. The molecule has 1 aromatic rings. The lowest BCUT2D eigenvalue weighted by Crippen LogP contribution is -2.53. The van der Waals surface area contributed by atoms with Gasteiger partial charge in [-0.1, -0.05) is 29.8 Å². The number of ether oxygens (including phenoxy) is 1. The van der Waals surface area contributed by atoms with Crippen molar-refractivity contribution >= 4 is 23.5 Å². The number of carbonyl (C=O) groups is 2. The zero-order valence-electron chi connectivity index (χ0n) is 10.2. The molecular weight excluding hydrogens is 270 g/mol. The van der Waals surface area contributed by atoms with Gasteiger partial charge in [0.15, 0.2) is 6.04 Å². The first kappa shape index (κ1) is 13.8. The van der Waals surface area contributed by atoms with Gasteiger partial charge in [0.1, 0.15) is 0 Å². The smallest absolute Gasteiger partial charge is 0.328 e. The average molecular weight is 284 g/mol. The Hall–Kier alpha value is -1.59.